The van der Waals surface area contributed by atoms with Crippen LogP contribution in [0, 0.1) is 0 Å². The van der Waals surface area contributed by atoms with E-state index in [1.165, 1.54) is 6.20 Å². The van der Waals surface area contributed by atoms with Gasteiger partial charge in [0.25, 0.3) is 0 Å². The molecule has 0 saturated heterocycles. The zero-order valence-electron chi connectivity index (χ0n) is 8.73. The Morgan fingerprint density at radius 2 is 2.44 bits per heavy atom. The minimum atomic E-state index is -1.05. The van der Waals surface area contributed by atoms with Crippen molar-refractivity contribution in [1.29, 1.82) is 0 Å². The molecular weight excluding hydrogens is 210 g/mol. The lowest BCUT2D eigenvalue weighted by molar-refractivity contribution is 0.0695. The zero-order chi connectivity index (χ0) is 11.5. The molecule has 2 aromatic rings. The lowest BCUT2D eigenvalue weighted by Crippen LogP contribution is -2.01. The number of H-pyrrole nitrogens is 1. The first-order chi connectivity index (χ1) is 7.74. The van der Waals surface area contributed by atoms with E-state index in [1.807, 2.05) is 6.92 Å². The first kappa shape index (κ1) is 10.4. The van der Waals surface area contributed by atoms with E-state index in [9.17, 15) is 4.79 Å². The van der Waals surface area contributed by atoms with Gasteiger partial charge < -0.3 is 14.6 Å². The Labute approximate surface area is 91.3 Å². The number of hydrogen-bond donors (Lipinski definition) is 2. The molecule has 0 aromatic carbocycles. The number of carboxylic acid groups (broad SMARTS) is 1. The second-order valence-corrected chi connectivity index (χ2v) is 3.32. The molecule has 2 rings (SSSR count). The van der Waals surface area contributed by atoms with Gasteiger partial charge in [-0.3, -0.25) is 0 Å². The molecule has 2 heterocycles. The third-order valence-corrected chi connectivity index (χ3v) is 2.18. The van der Waals surface area contributed by atoms with Crippen LogP contribution in [0.3, 0.4) is 0 Å². The van der Waals surface area contributed by atoms with Crippen LogP contribution in [0.4, 0.5) is 0 Å². The summed E-state index contributed by atoms with van der Waals surface area (Å²) in [6, 6.07) is 0. The molecule has 0 bridgehead atoms. The van der Waals surface area contributed by atoms with E-state index in [4.69, 9.17) is 9.63 Å². The number of nitrogens with zero attached hydrogens (tertiary/aromatic N) is 2. The van der Waals surface area contributed by atoms with Crippen molar-refractivity contribution < 1.29 is 14.4 Å². The summed E-state index contributed by atoms with van der Waals surface area (Å²) in [5.74, 6) is -0.249. The van der Waals surface area contributed by atoms with Crippen LogP contribution in [0.25, 0.3) is 11.5 Å². The van der Waals surface area contributed by atoms with Crippen molar-refractivity contribution in [2.24, 2.45) is 0 Å². The quantitative estimate of drug-likeness (QED) is 0.819. The molecule has 6 heteroatoms. The Morgan fingerprint density at radius 1 is 1.62 bits per heavy atom. The second kappa shape index (κ2) is 4.18. The van der Waals surface area contributed by atoms with Gasteiger partial charge in [-0.25, -0.2) is 9.78 Å². The normalized spacial score (nSPS) is 10.6. The summed E-state index contributed by atoms with van der Waals surface area (Å²) in [7, 11) is 0. The molecule has 84 valence electrons. The molecule has 16 heavy (non-hydrogen) atoms. The highest BCUT2D eigenvalue weighted by atomic mass is 16.5. The predicted octanol–water partition coefficient (Wildman–Crippen LogP) is 1.72. The molecule has 0 amide bonds. The third-order valence-electron chi connectivity index (χ3n) is 2.18. The summed E-state index contributed by atoms with van der Waals surface area (Å²) in [5.41, 5.74) is 0.345. The van der Waals surface area contributed by atoms with Crippen molar-refractivity contribution >= 4 is 5.97 Å². The zero-order valence-corrected chi connectivity index (χ0v) is 8.73. The summed E-state index contributed by atoms with van der Waals surface area (Å²) in [6.45, 7) is 1.95. The molecule has 0 fully saturated rings. The summed E-state index contributed by atoms with van der Waals surface area (Å²) in [6.07, 6.45) is 4.49. The number of aromatic nitrogens is 3. The first-order valence-corrected chi connectivity index (χ1v) is 4.95. The molecule has 0 unspecified atom stereocenters. The van der Waals surface area contributed by atoms with Crippen LogP contribution in [0.1, 0.15) is 29.5 Å². The van der Waals surface area contributed by atoms with Crippen molar-refractivity contribution in [3.63, 3.8) is 0 Å². The fraction of sp³-hybridized carbons (Fsp3) is 0.300. The van der Waals surface area contributed by atoms with Crippen molar-refractivity contribution in [2.45, 2.75) is 19.8 Å². The molecular formula is C10H11N3O3. The van der Waals surface area contributed by atoms with E-state index in [-0.39, 0.29) is 11.3 Å². The Hall–Kier alpha value is -2.11. The van der Waals surface area contributed by atoms with Gasteiger partial charge in [-0.2, -0.15) is 0 Å². The van der Waals surface area contributed by atoms with Gasteiger partial charge in [0.2, 0.25) is 0 Å². The maximum atomic E-state index is 11.1. The number of carbonyl (C=O) groups is 1. The van der Waals surface area contributed by atoms with Crippen LogP contribution in [0.15, 0.2) is 16.9 Å². The van der Waals surface area contributed by atoms with Gasteiger partial charge in [0.1, 0.15) is 5.56 Å². The highest BCUT2D eigenvalue weighted by molar-refractivity contribution is 5.94. The highest BCUT2D eigenvalue weighted by Gasteiger charge is 2.24. The van der Waals surface area contributed by atoms with E-state index < -0.39 is 5.97 Å². The lowest BCUT2D eigenvalue weighted by Gasteiger charge is -1.95. The highest BCUT2D eigenvalue weighted by Crippen LogP contribution is 2.23. The number of aromatic carboxylic acids is 1. The van der Waals surface area contributed by atoms with Crippen LogP contribution in [-0.2, 0) is 6.42 Å². The maximum absolute atomic E-state index is 11.1. The number of imidazole rings is 1. The average molecular weight is 221 g/mol. The van der Waals surface area contributed by atoms with Crippen molar-refractivity contribution in [3.8, 4) is 11.5 Å². The van der Waals surface area contributed by atoms with E-state index in [0.717, 1.165) is 6.42 Å². The number of nitrogens with one attached hydrogen (secondary N) is 1. The van der Waals surface area contributed by atoms with E-state index >= 15 is 0 Å². The molecule has 0 atom stereocenters. The molecule has 2 N–H and O–H groups in total. The van der Waals surface area contributed by atoms with Gasteiger partial charge >= 0.3 is 5.97 Å². The Morgan fingerprint density at radius 3 is 3.00 bits per heavy atom. The van der Waals surface area contributed by atoms with Crippen LogP contribution in [0.2, 0.25) is 0 Å². The monoisotopic (exact) mass is 221 g/mol. The third kappa shape index (κ3) is 1.69. The standard InChI is InChI=1S/C10H11N3O3/c1-2-3-6-7(10(14)15)8(13-16-6)9-11-4-5-12-9/h4-5H,2-3H2,1H3,(H,11,12)(H,14,15). The fourth-order valence-corrected chi connectivity index (χ4v) is 1.50. The van der Waals surface area contributed by atoms with Crippen molar-refractivity contribution in [2.75, 3.05) is 0 Å². The Kier molecular flexibility index (Phi) is 2.72. The molecule has 0 aliphatic carbocycles. The van der Waals surface area contributed by atoms with E-state index in [0.29, 0.717) is 18.0 Å². The second-order valence-electron chi connectivity index (χ2n) is 3.32. The maximum Gasteiger partial charge on any atom is 0.341 e. The fourth-order valence-electron chi connectivity index (χ4n) is 1.50. The number of rotatable bonds is 4. The minimum absolute atomic E-state index is 0.0943. The van der Waals surface area contributed by atoms with Crippen molar-refractivity contribution in [1.82, 2.24) is 15.1 Å². The number of carboxylic acids is 1. The van der Waals surface area contributed by atoms with E-state index in [1.54, 1.807) is 6.20 Å². The first-order valence-electron chi connectivity index (χ1n) is 4.95. The summed E-state index contributed by atoms with van der Waals surface area (Å²) >= 11 is 0. The average Bonchev–Trinajstić information content (AvgIpc) is 2.83. The van der Waals surface area contributed by atoms with Crippen molar-refractivity contribution in [3.05, 3.63) is 23.7 Å². The number of hydrogen-bond acceptors (Lipinski definition) is 4. The van der Waals surface area contributed by atoms with Crippen LogP contribution in [0.5, 0.6) is 0 Å². The summed E-state index contributed by atoms with van der Waals surface area (Å²) in [5, 5.41) is 12.9. The van der Waals surface area contributed by atoms with Crippen LogP contribution < -0.4 is 0 Å². The van der Waals surface area contributed by atoms with Gasteiger partial charge in [0, 0.05) is 18.8 Å². The summed E-state index contributed by atoms with van der Waals surface area (Å²) in [4.78, 5) is 17.9. The molecule has 0 radical (unpaired) electrons. The van der Waals surface area contributed by atoms with Gasteiger partial charge in [-0.05, 0) is 6.42 Å². The molecule has 0 aliphatic rings. The van der Waals surface area contributed by atoms with Crippen LogP contribution in [-0.4, -0.2) is 26.2 Å². The smallest absolute Gasteiger partial charge is 0.341 e. The van der Waals surface area contributed by atoms with Gasteiger partial charge in [0.05, 0.1) is 0 Å². The number of aromatic amines is 1. The topological polar surface area (TPSA) is 92.0 Å². The Balaban J connectivity index is 2.50. The van der Waals surface area contributed by atoms with E-state index in [2.05, 4.69) is 15.1 Å². The SMILES string of the molecule is CCCc1onc(-c2ncc[nH]2)c1C(=O)O. The van der Waals surface area contributed by atoms with Gasteiger partial charge in [0.15, 0.2) is 17.3 Å². The summed E-state index contributed by atoms with van der Waals surface area (Å²) < 4.78 is 5.03. The molecule has 0 saturated carbocycles. The lowest BCUT2D eigenvalue weighted by atomic mass is 10.1. The minimum Gasteiger partial charge on any atom is -0.477 e. The molecule has 0 aliphatic heterocycles. The molecule has 6 nitrogen and oxygen atoms in total. The van der Waals surface area contributed by atoms with Gasteiger partial charge in [-0.1, -0.05) is 12.1 Å². The predicted molar refractivity (Wildman–Crippen MR) is 55.0 cm³/mol. The Bertz CT molecular complexity index is 487. The molecule has 0 spiro atoms. The van der Waals surface area contributed by atoms with Gasteiger partial charge in [-0.15, -0.1) is 0 Å². The largest absolute Gasteiger partial charge is 0.477 e. The number of aryl methyl sites for hydroxylation is 1. The molecule has 2 aromatic heterocycles. The van der Waals surface area contributed by atoms with Crippen LogP contribution >= 0.6 is 0 Å².